The van der Waals surface area contributed by atoms with Crippen LogP contribution in [0, 0.1) is 0 Å². The number of aliphatic hydroxyl groups excluding tert-OH is 1. The Labute approximate surface area is 152 Å². The first-order chi connectivity index (χ1) is 11.5. The maximum Gasteiger partial charge on any atom is 0.310 e. The van der Waals surface area contributed by atoms with Gasteiger partial charge < -0.3 is 14.6 Å². The van der Waals surface area contributed by atoms with Gasteiger partial charge in [0.25, 0.3) is 0 Å². The van der Waals surface area contributed by atoms with Crippen LogP contribution in [0.5, 0.6) is 5.75 Å². The lowest BCUT2D eigenvalue weighted by Gasteiger charge is -2.30. The third kappa shape index (κ3) is 6.35. The van der Waals surface area contributed by atoms with Gasteiger partial charge in [0.1, 0.15) is 5.75 Å². The third-order valence-electron chi connectivity index (χ3n) is 3.97. The summed E-state index contributed by atoms with van der Waals surface area (Å²) in [4.78, 5) is 12.1. The van der Waals surface area contributed by atoms with Crippen LogP contribution in [0.4, 0.5) is 0 Å². The standard InChI is InChI=1S/C21H34O4/c1-8-24-19-16(20(2,3)4)12-15(13-17(19)21(5,6)7)14-18(23)25-11-9-10-22/h12-13,22H,8-11,14H2,1-7H3. The molecule has 0 atom stereocenters. The molecule has 0 fully saturated rings. The van der Waals surface area contributed by atoms with Crippen LogP contribution in [0.1, 0.15) is 71.6 Å². The summed E-state index contributed by atoms with van der Waals surface area (Å²) in [5, 5.41) is 8.80. The molecule has 0 aliphatic heterocycles. The summed E-state index contributed by atoms with van der Waals surface area (Å²) in [6.07, 6.45) is 0.694. The first-order valence-corrected chi connectivity index (χ1v) is 9.07. The first-order valence-electron chi connectivity index (χ1n) is 9.07. The molecule has 0 unspecified atom stereocenters. The molecule has 0 aliphatic carbocycles. The van der Waals surface area contributed by atoms with Gasteiger partial charge in [-0.2, -0.15) is 0 Å². The van der Waals surface area contributed by atoms with Crippen LogP contribution in [0.15, 0.2) is 12.1 Å². The van der Waals surface area contributed by atoms with E-state index >= 15 is 0 Å². The molecule has 0 spiro atoms. The number of aliphatic hydroxyl groups is 1. The lowest BCUT2D eigenvalue weighted by atomic mass is 9.78. The maximum absolute atomic E-state index is 12.1. The Hall–Kier alpha value is -1.55. The largest absolute Gasteiger partial charge is 0.493 e. The minimum Gasteiger partial charge on any atom is -0.493 e. The fraction of sp³-hybridized carbons (Fsp3) is 0.667. The van der Waals surface area contributed by atoms with E-state index in [0.717, 1.165) is 22.4 Å². The summed E-state index contributed by atoms with van der Waals surface area (Å²) < 4.78 is 11.2. The average Bonchev–Trinajstić information content (AvgIpc) is 2.46. The van der Waals surface area contributed by atoms with Gasteiger partial charge in [0.15, 0.2) is 0 Å². The molecule has 1 aromatic rings. The van der Waals surface area contributed by atoms with Gasteiger partial charge in [-0.05, 0) is 23.3 Å². The van der Waals surface area contributed by atoms with Gasteiger partial charge in [-0.3, -0.25) is 4.79 Å². The van der Waals surface area contributed by atoms with Crippen molar-refractivity contribution in [1.29, 1.82) is 0 Å². The van der Waals surface area contributed by atoms with E-state index in [0.29, 0.717) is 13.0 Å². The molecule has 0 bridgehead atoms. The van der Waals surface area contributed by atoms with Crippen LogP contribution in [0.2, 0.25) is 0 Å². The van der Waals surface area contributed by atoms with E-state index in [1.165, 1.54) is 0 Å². The zero-order valence-electron chi connectivity index (χ0n) is 16.9. The van der Waals surface area contributed by atoms with Crippen molar-refractivity contribution in [3.8, 4) is 5.75 Å². The molecule has 0 radical (unpaired) electrons. The Morgan fingerprint density at radius 1 is 1.04 bits per heavy atom. The summed E-state index contributed by atoms with van der Waals surface area (Å²) in [5.74, 6) is 0.664. The fourth-order valence-electron chi connectivity index (χ4n) is 2.67. The molecule has 4 nitrogen and oxygen atoms in total. The molecule has 0 saturated heterocycles. The average molecular weight is 350 g/mol. The third-order valence-corrected chi connectivity index (χ3v) is 3.97. The van der Waals surface area contributed by atoms with Gasteiger partial charge in [0, 0.05) is 24.2 Å². The van der Waals surface area contributed by atoms with Crippen molar-refractivity contribution < 1.29 is 19.4 Å². The van der Waals surface area contributed by atoms with Crippen molar-refractivity contribution in [2.45, 2.75) is 72.1 Å². The van der Waals surface area contributed by atoms with E-state index in [-0.39, 0.29) is 36.4 Å². The normalized spacial score (nSPS) is 12.2. The maximum atomic E-state index is 12.1. The van der Waals surface area contributed by atoms with E-state index in [9.17, 15) is 4.79 Å². The molecule has 0 amide bonds. The van der Waals surface area contributed by atoms with Gasteiger partial charge in [-0.1, -0.05) is 53.7 Å². The molecule has 1 aromatic carbocycles. The summed E-state index contributed by atoms with van der Waals surface area (Å²) in [6, 6.07) is 4.13. The predicted octanol–water partition coefficient (Wildman–Crippen LogP) is 4.15. The lowest BCUT2D eigenvalue weighted by Crippen LogP contribution is -2.21. The number of hydrogen-bond acceptors (Lipinski definition) is 4. The topological polar surface area (TPSA) is 55.8 Å². The Kier molecular flexibility index (Phi) is 7.48. The summed E-state index contributed by atoms with van der Waals surface area (Å²) >= 11 is 0. The van der Waals surface area contributed by atoms with Crippen molar-refractivity contribution >= 4 is 5.97 Å². The van der Waals surface area contributed by atoms with Crippen molar-refractivity contribution in [2.75, 3.05) is 19.8 Å². The van der Waals surface area contributed by atoms with E-state index in [1.807, 2.05) is 6.92 Å². The van der Waals surface area contributed by atoms with Crippen LogP contribution in [-0.4, -0.2) is 30.9 Å². The van der Waals surface area contributed by atoms with Crippen LogP contribution in [0.3, 0.4) is 0 Å². The van der Waals surface area contributed by atoms with Crippen LogP contribution in [0.25, 0.3) is 0 Å². The number of carbonyl (C=O) groups is 1. The molecular weight excluding hydrogens is 316 g/mol. The van der Waals surface area contributed by atoms with Gasteiger partial charge in [-0.25, -0.2) is 0 Å². The molecular formula is C21H34O4. The fourth-order valence-corrected chi connectivity index (χ4v) is 2.67. The Bertz CT molecular complexity index is 542. The zero-order valence-corrected chi connectivity index (χ0v) is 16.9. The Balaban J connectivity index is 3.29. The van der Waals surface area contributed by atoms with E-state index < -0.39 is 0 Å². The van der Waals surface area contributed by atoms with Gasteiger partial charge in [0.2, 0.25) is 0 Å². The molecule has 0 heterocycles. The number of carbonyl (C=O) groups excluding carboxylic acids is 1. The summed E-state index contributed by atoms with van der Waals surface area (Å²) in [5.41, 5.74) is 2.97. The van der Waals surface area contributed by atoms with Crippen LogP contribution < -0.4 is 4.74 Å². The quantitative estimate of drug-likeness (QED) is 0.593. The second-order valence-corrected chi connectivity index (χ2v) is 8.43. The van der Waals surface area contributed by atoms with E-state index in [1.54, 1.807) is 0 Å². The summed E-state index contributed by atoms with van der Waals surface area (Å²) in [6.45, 7) is 15.8. The summed E-state index contributed by atoms with van der Waals surface area (Å²) in [7, 11) is 0. The molecule has 1 N–H and O–H groups in total. The number of esters is 1. The highest BCUT2D eigenvalue weighted by Crippen LogP contribution is 2.40. The predicted molar refractivity (Wildman–Crippen MR) is 101 cm³/mol. The molecule has 1 rings (SSSR count). The van der Waals surface area contributed by atoms with Gasteiger partial charge in [-0.15, -0.1) is 0 Å². The zero-order chi connectivity index (χ0) is 19.3. The number of ether oxygens (including phenoxy) is 2. The highest BCUT2D eigenvalue weighted by atomic mass is 16.5. The molecule has 25 heavy (non-hydrogen) atoms. The van der Waals surface area contributed by atoms with Crippen molar-refractivity contribution in [2.24, 2.45) is 0 Å². The van der Waals surface area contributed by atoms with Crippen molar-refractivity contribution in [1.82, 2.24) is 0 Å². The second-order valence-electron chi connectivity index (χ2n) is 8.43. The SMILES string of the molecule is CCOc1c(C(C)(C)C)cc(CC(=O)OCCCO)cc1C(C)(C)C. The Morgan fingerprint density at radius 2 is 1.56 bits per heavy atom. The van der Waals surface area contributed by atoms with Crippen molar-refractivity contribution in [3.63, 3.8) is 0 Å². The second kappa shape index (κ2) is 8.70. The van der Waals surface area contributed by atoms with Gasteiger partial charge >= 0.3 is 5.97 Å². The first kappa shape index (κ1) is 21.5. The lowest BCUT2D eigenvalue weighted by molar-refractivity contribution is -0.143. The van der Waals surface area contributed by atoms with Crippen LogP contribution >= 0.6 is 0 Å². The highest BCUT2D eigenvalue weighted by molar-refractivity contribution is 5.73. The molecule has 0 aliphatic rings. The van der Waals surface area contributed by atoms with E-state index in [4.69, 9.17) is 14.6 Å². The van der Waals surface area contributed by atoms with E-state index in [2.05, 4.69) is 53.7 Å². The minimum absolute atomic E-state index is 0.0265. The minimum atomic E-state index is -0.266. The van der Waals surface area contributed by atoms with Crippen molar-refractivity contribution in [3.05, 3.63) is 28.8 Å². The van der Waals surface area contributed by atoms with Gasteiger partial charge in [0.05, 0.1) is 19.6 Å². The number of rotatable bonds is 7. The molecule has 0 aromatic heterocycles. The molecule has 4 heteroatoms. The van der Waals surface area contributed by atoms with Crippen LogP contribution in [-0.2, 0) is 26.8 Å². The number of hydrogen-bond donors (Lipinski definition) is 1. The monoisotopic (exact) mass is 350 g/mol. The smallest absolute Gasteiger partial charge is 0.310 e. The molecule has 0 saturated carbocycles. The number of benzene rings is 1. The Morgan fingerprint density at radius 3 is 1.96 bits per heavy atom. The highest BCUT2D eigenvalue weighted by Gasteiger charge is 2.28. The molecule has 142 valence electrons.